The smallest absolute Gasteiger partial charge is 0.338 e. The van der Waals surface area contributed by atoms with Crippen molar-refractivity contribution in [2.45, 2.75) is 44.7 Å². The summed E-state index contributed by atoms with van der Waals surface area (Å²) >= 11 is 0. The van der Waals surface area contributed by atoms with Gasteiger partial charge in [0, 0.05) is 12.1 Å². The second kappa shape index (κ2) is 8.70. The van der Waals surface area contributed by atoms with Gasteiger partial charge in [0.1, 0.15) is 6.07 Å². The highest BCUT2D eigenvalue weighted by Gasteiger charge is 2.24. The Bertz CT molecular complexity index is 841. The SMILES string of the molecule is CC(N)Cc1cc(C#N)c2c(c1)CC(CCCOC(=O)c1ccccc1)N2. The van der Waals surface area contributed by atoms with E-state index in [0.29, 0.717) is 17.7 Å². The summed E-state index contributed by atoms with van der Waals surface area (Å²) in [4.78, 5) is 11.9. The molecule has 0 saturated carbocycles. The number of nitriles is 1. The summed E-state index contributed by atoms with van der Waals surface area (Å²) in [5, 5.41) is 12.9. The average molecular weight is 363 g/mol. The van der Waals surface area contributed by atoms with Gasteiger partial charge in [-0.3, -0.25) is 0 Å². The van der Waals surface area contributed by atoms with E-state index in [1.165, 1.54) is 5.56 Å². The third-order valence-electron chi connectivity index (χ3n) is 4.71. The molecule has 3 N–H and O–H groups in total. The number of ether oxygens (including phenoxy) is 1. The van der Waals surface area contributed by atoms with E-state index in [0.717, 1.165) is 36.9 Å². The average Bonchev–Trinajstić information content (AvgIpc) is 3.07. The van der Waals surface area contributed by atoms with Crippen molar-refractivity contribution in [1.29, 1.82) is 5.26 Å². The van der Waals surface area contributed by atoms with Gasteiger partial charge in [-0.15, -0.1) is 0 Å². The van der Waals surface area contributed by atoms with E-state index >= 15 is 0 Å². The molecule has 0 aromatic heterocycles. The number of rotatable bonds is 7. The zero-order valence-corrected chi connectivity index (χ0v) is 15.6. The van der Waals surface area contributed by atoms with Gasteiger partial charge < -0.3 is 15.8 Å². The van der Waals surface area contributed by atoms with E-state index in [1.54, 1.807) is 12.1 Å². The van der Waals surface area contributed by atoms with Gasteiger partial charge >= 0.3 is 5.97 Å². The summed E-state index contributed by atoms with van der Waals surface area (Å²) in [5.41, 5.74) is 10.4. The van der Waals surface area contributed by atoms with Crippen molar-refractivity contribution in [3.8, 4) is 6.07 Å². The first kappa shape index (κ1) is 18.9. The molecule has 0 amide bonds. The Labute approximate surface area is 160 Å². The summed E-state index contributed by atoms with van der Waals surface area (Å²) in [5.74, 6) is -0.286. The van der Waals surface area contributed by atoms with Gasteiger partial charge in [0.25, 0.3) is 0 Å². The van der Waals surface area contributed by atoms with Crippen molar-refractivity contribution in [1.82, 2.24) is 0 Å². The number of hydrogen-bond acceptors (Lipinski definition) is 5. The number of benzene rings is 2. The van der Waals surface area contributed by atoms with Crippen LogP contribution in [-0.2, 0) is 17.6 Å². The van der Waals surface area contributed by atoms with Crippen molar-refractivity contribution in [2.75, 3.05) is 11.9 Å². The lowest BCUT2D eigenvalue weighted by Crippen LogP contribution is -2.17. The maximum absolute atomic E-state index is 11.9. The largest absolute Gasteiger partial charge is 0.462 e. The highest BCUT2D eigenvalue weighted by atomic mass is 16.5. The number of nitrogens with two attached hydrogens (primary N) is 1. The number of nitrogens with one attached hydrogen (secondary N) is 1. The summed E-state index contributed by atoms with van der Waals surface area (Å²) < 4.78 is 5.34. The van der Waals surface area contributed by atoms with E-state index < -0.39 is 0 Å². The molecule has 140 valence electrons. The van der Waals surface area contributed by atoms with E-state index in [-0.39, 0.29) is 18.1 Å². The first-order valence-electron chi connectivity index (χ1n) is 9.37. The zero-order chi connectivity index (χ0) is 19.2. The van der Waals surface area contributed by atoms with E-state index in [1.807, 2.05) is 31.2 Å². The number of carbonyl (C=O) groups excluding carboxylic acids is 1. The van der Waals surface area contributed by atoms with Crippen LogP contribution >= 0.6 is 0 Å². The Kier molecular flexibility index (Phi) is 6.10. The lowest BCUT2D eigenvalue weighted by atomic mass is 9.98. The highest BCUT2D eigenvalue weighted by Crippen LogP contribution is 2.32. The van der Waals surface area contributed by atoms with Gasteiger partial charge in [0.15, 0.2) is 0 Å². The van der Waals surface area contributed by atoms with Crippen LogP contribution in [0.4, 0.5) is 5.69 Å². The predicted molar refractivity (Wildman–Crippen MR) is 106 cm³/mol. The molecule has 0 spiro atoms. The number of hydrogen-bond donors (Lipinski definition) is 2. The van der Waals surface area contributed by atoms with Crippen molar-refractivity contribution >= 4 is 11.7 Å². The third kappa shape index (κ3) is 4.87. The Morgan fingerprint density at radius 2 is 2.15 bits per heavy atom. The van der Waals surface area contributed by atoms with Crippen LogP contribution in [0.25, 0.3) is 0 Å². The number of nitrogens with zero attached hydrogens (tertiary/aromatic N) is 1. The zero-order valence-electron chi connectivity index (χ0n) is 15.6. The van der Waals surface area contributed by atoms with Crippen molar-refractivity contribution in [3.63, 3.8) is 0 Å². The lowest BCUT2D eigenvalue weighted by molar-refractivity contribution is 0.0497. The molecular weight excluding hydrogens is 338 g/mol. The van der Waals surface area contributed by atoms with Gasteiger partial charge in [0.2, 0.25) is 0 Å². The molecule has 1 aliphatic rings. The van der Waals surface area contributed by atoms with Gasteiger partial charge in [0.05, 0.1) is 23.4 Å². The normalized spacial score (nSPS) is 16.1. The topological polar surface area (TPSA) is 88.1 Å². The Morgan fingerprint density at radius 1 is 1.37 bits per heavy atom. The second-order valence-corrected chi connectivity index (χ2v) is 7.16. The number of anilines is 1. The fourth-order valence-corrected chi connectivity index (χ4v) is 3.52. The van der Waals surface area contributed by atoms with Crippen molar-refractivity contribution in [3.05, 3.63) is 64.7 Å². The van der Waals surface area contributed by atoms with Crippen LogP contribution in [0.5, 0.6) is 0 Å². The fourth-order valence-electron chi connectivity index (χ4n) is 3.52. The first-order valence-corrected chi connectivity index (χ1v) is 9.37. The Hall–Kier alpha value is -2.84. The molecule has 1 aliphatic heterocycles. The van der Waals surface area contributed by atoms with Crippen LogP contribution in [0.3, 0.4) is 0 Å². The standard InChI is InChI=1S/C22H25N3O2/c1-15(24)10-16-11-18-13-20(25-21(18)19(12-16)14-23)8-5-9-27-22(26)17-6-3-2-4-7-17/h2-4,6-7,11-12,15,20,25H,5,8-10,13,24H2,1H3. The molecule has 27 heavy (non-hydrogen) atoms. The maximum atomic E-state index is 11.9. The monoisotopic (exact) mass is 363 g/mol. The molecule has 0 aliphatic carbocycles. The molecule has 5 nitrogen and oxygen atoms in total. The van der Waals surface area contributed by atoms with Gasteiger partial charge in [-0.1, -0.05) is 24.3 Å². The number of esters is 1. The molecule has 5 heteroatoms. The molecule has 0 radical (unpaired) electrons. The summed E-state index contributed by atoms with van der Waals surface area (Å²) in [6.45, 7) is 2.36. The quantitative estimate of drug-likeness (QED) is 0.581. The minimum absolute atomic E-state index is 0.0686. The van der Waals surface area contributed by atoms with Gasteiger partial charge in [-0.05, 0) is 61.9 Å². The highest BCUT2D eigenvalue weighted by molar-refractivity contribution is 5.89. The van der Waals surface area contributed by atoms with Crippen LogP contribution in [0.15, 0.2) is 42.5 Å². The lowest BCUT2D eigenvalue weighted by Gasteiger charge is -2.12. The molecule has 1 heterocycles. The number of fused-ring (bicyclic) bond motifs is 1. The molecule has 3 rings (SSSR count). The van der Waals surface area contributed by atoms with Crippen LogP contribution in [-0.4, -0.2) is 24.7 Å². The summed E-state index contributed by atoms with van der Waals surface area (Å²) in [6.07, 6.45) is 3.30. The molecule has 2 unspecified atom stereocenters. The van der Waals surface area contributed by atoms with Crippen molar-refractivity contribution < 1.29 is 9.53 Å². The van der Waals surface area contributed by atoms with E-state index in [4.69, 9.17) is 10.5 Å². The van der Waals surface area contributed by atoms with Gasteiger partial charge in [-0.25, -0.2) is 4.79 Å². The predicted octanol–water partition coefficient (Wildman–Crippen LogP) is 3.42. The molecule has 0 saturated heterocycles. The van der Waals surface area contributed by atoms with Crippen LogP contribution < -0.4 is 11.1 Å². The maximum Gasteiger partial charge on any atom is 0.338 e. The minimum Gasteiger partial charge on any atom is -0.462 e. The fraction of sp³-hybridized carbons (Fsp3) is 0.364. The van der Waals surface area contributed by atoms with E-state index in [9.17, 15) is 10.1 Å². The van der Waals surface area contributed by atoms with Crippen molar-refractivity contribution in [2.24, 2.45) is 5.73 Å². The Morgan fingerprint density at radius 3 is 2.85 bits per heavy atom. The molecule has 0 fully saturated rings. The second-order valence-electron chi connectivity index (χ2n) is 7.16. The number of carbonyl (C=O) groups is 1. The molecule has 2 aromatic carbocycles. The Balaban J connectivity index is 1.51. The molecule has 2 aromatic rings. The van der Waals surface area contributed by atoms with Crippen LogP contribution in [0.1, 0.15) is 46.8 Å². The first-order chi connectivity index (χ1) is 13.1. The van der Waals surface area contributed by atoms with Crippen LogP contribution in [0.2, 0.25) is 0 Å². The van der Waals surface area contributed by atoms with Gasteiger partial charge in [-0.2, -0.15) is 5.26 Å². The van der Waals surface area contributed by atoms with Crippen LogP contribution in [0, 0.1) is 11.3 Å². The molecule has 0 bridgehead atoms. The summed E-state index contributed by atoms with van der Waals surface area (Å²) in [6, 6.07) is 15.7. The summed E-state index contributed by atoms with van der Waals surface area (Å²) in [7, 11) is 0. The molecular formula is C22H25N3O2. The minimum atomic E-state index is -0.286. The van der Waals surface area contributed by atoms with E-state index in [2.05, 4.69) is 17.5 Å². The molecule has 2 atom stereocenters. The third-order valence-corrected chi connectivity index (χ3v) is 4.71.